The number of benzene rings is 2. The fraction of sp³-hybridized carbons (Fsp3) is 0.0667. The van der Waals surface area contributed by atoms with Crippen molar-refractivity contribution in [1.82, 2.24) is 0 Å². The topological polar surface area (TPSA) is 55.4 Å². The van der Waals surface area contributed by atoms with Crippen molar-refractivity contribution in [2.45, 2.75) is 0 Å². The number of halogens is 5. The van der Waals surface area contributed by atoms with E-state index in [0.29, 0.717) is 6.07 Å². The Kier molecular flexibility index (Phi) is 6.15. The van der Waals surface area contributed by atoms with E-state index in [4.69, 9.17) is 27.9 Å². The third-order valence-corrected chi connectivity index (χ3v) is 4.03. The van der Waals surface area contributed by atoms with E-state index >= 15 is 0 Å². The molecule has 9 heteroatoms. The number of nitrogens with one attached hydrogen (secondary N) is 1. The molecule has 0 saturated carbocycles. The number of esters is 1. The average molecular weight is 439 g/mol. The van der Waals surface area contributed by atoms with Gasteiger partial charge in [0.2, 0.25) is 0 Å². The summed E-state index contributed by atoms with van der Waals surface area (Å²) in [5.41, 5.74) is -0.351. The molecule has 0 radical (unpaired) electrons. The molecule has 126 valence electrons. The Morgan fingerprint density at radius 2 is 1.79 bits per heavy atom. The predicted molar refractivity (Wildman–Crippen MR) is 89.4 cm³/mol. The maximum atomic E-state index is 13.6. The van der Waals surface area contributed by atoms with Crippen molar-refractivity contribution < 1.29 is 23.1 Å². The van der Waals surface area contributed by atoms with Gasteiger partial charge in [-0.05, 0) is 34.1 Å². The summed E-state index contributed by atoms with van der Waals surface area (Å²) in [6.45, 7) is -0.705. The highest BCUT2D eigenvalue weighted by Gasteiger charge is 2.18. The SMILES string of the molecule is O=C(COC(=O)c1c(Cl)cccc1Cl)Nc1c(F)cc(F)cc1Br. The molecule has 0 aliphatic heterocycles. The smallest absolute Gasteiger partial charge is 0.341 e. The van der Waals surface area contributed by atoms with Crippen molar-refractivity contribution in [3.05, 3.63) is 62.0 Å². The maximum absolute atomic E-state index is 13.6. The molecule has 0 aliphatic carbocycles. The first-order chi connectivity index (χ1) is 11.3. The monoisotopic (exact) mass is 437 g/mol. The Balaban J connectivity index is 2.03. The Morgan fingerprint density at radius 1 is 1.17 bits per heavy atom. The number of hydrogen-bond donors (Lipinski definition) is 1. The van der Waals surface area contributed by atoms with Crippen molar-refractivity contribution in [3.8, 4) is 0 Å². The quantitative estimate of drug-likeness (QED) is 0.695. The molecule has 0 heterocycles. The van der Waals surface area contributed by atoms with Gasteiger partial charge in [-0.3, -0.25) is 4.79 Å². The van der Waals surface area contributed by atoms with Gasteiger partial charge in [0.05, 0.1) is 21.3 Å². The summed E-state index contributed by atoms with van der Waals surface area (Å²) in [7, 11) is 0. The number of carbonyl (C=O) groups excluding carboxylic acids is 2. The summed E-state index contributed by atoms with van der Waals surface area (Å²) in [5, 5.41) is 2.31. The third kappa shape index (κ3) is 4.43. The Labute approximate surface area is 153 Å². The van der Waals surface area contributed by atoms with Gasteiger partial charge >= 0.3 is 5.97 Å². The standard InChI is InChI=1S/C15H8BrCl2F2NO3/c16-8-4-7(19)5-11(20)14(8)21-12(22)6-24-15(23)13-9(17)2-1-3-10(13)18/h1-5H,6H2,(H,21,22). The van der Waals surface area contributed by atoms with Gasteiger partial charge in [-0.1, -0.05) is 29.3 Å². The van der Waals surface area contributed by atoms with Gasteiger partial charge in [-0.25, -0.2) is 13.6 Å². The summed E-state index contributed by atoms with van der Waals surface area (Å²) in [6, 6.07) is 6.01. The molecule has 2 rings (SSSR count). The van der Waals surface area contributed by atoms with Gasteiger partial charge in [0.15, 0.2) is 12.4 Å². The van der Waals surface area contributed by atoms with Crippen LogP contribution < -0.4 is 5.32 Å². The minimum Gasteiger partial charge on any atom is -0.452 e. The molecule has 1 N–H and O–H groups in total. The van der Waals surface area contributed by atoms with Gasteiger partial charge in [0.25, 0.3) is 5.91 Å². The maximum Gasteiger partial charge on any atom is 0.341 e. The normalized spacial score (nSPS) is 10.4. The second kappa shape index (κ2) is 7.92. The molecule has 1 amide bonds. The van der Waals surface area contributed by atoms with E-state index in [9.17, 15) is 18.4 Å². The van der Waals surface area contributed by atoms with Crippen molar-refractivity contribution in [1.29, 1.82) is 0 Å². The second-order valence-electron chi connectivity index (χ2n) is 4.47. The fourth-order valence-corrected chi connectivity index (χ4v) is 2.79. The van der Waals surface area contributed by atoms with Crippen LogP contribution in [0.15, 0.2) is 34.8 Å². The minimum atomic E-state index is -0.976. The Bertz CT molecular complexity index is 774. The molecule has 2 aromatic carbocycles. The van der Waals surface area contributed by atoms with Crippen molar-refractivity contribution in [3.63, 3.8) is 0 Å². The van der Waals surface area contributed by atoms with E-state index < -0.39 is 30.1 Å². The molecule has 24 heavy (non-hydrogen) atoms. The Hall–Kier alpha value is -1.70. The van der Waals surface area contributed by atoms with Crippen LogP contribution in [0.4, 0.5) is 14.5 Å². The van der Waals surface area contributed by atoms with E-state index in [1.807, 2.05) is 0 Å². The lowest BCUT2D eigenvalue weighted by molar-refractivity contribution is -0.119. The first-order valence-corrected chi connectivity index (χ1v) is 7.90. The van der Waals surface area contributed by atoms with E-state index in [-0.39, 0.29) is 25.8 Å². The van der Waals surface area contributed by atoms with Gasteiger partial charge < -0.3 is 10.1 Å². The number of amides is 1. The molecular weight excluding hydrogens is 431 g/mol. The van der Waals surface area contributed by atoms with Gasteiger partial charge in [0.1, 0.15) is 5.82 Å². The van der Waals surface area contributed by atoms with Crippen LogP contribution in [-0.2, 0) is 9.53 Å². The first kappa shape index (κ1) is 18.6. The lowest BCUT2D eigenvalue weighted by Gasteiger charge is -2.10. The summed E-state index contributed by atoms with van der Waals surface area (Å²) >= 11 is 14.6. The van der Waals surface area contributed by atoms with Gasteiger partial charge in [-0.2, -0.15) is 0 Å². The number of ether oxygens (including phenoxy) is 1. The lowest BCUT2D eigenvalue weighted by Crippen LogP contribution is -2.22. The van der Waals surface area contributed by atoms with E-state index in [2.05, 4.69) is 21.2 Å². The summed E-state index contributed by atoms with van der Waals surface area (Å²) in [4.78, 5) is 23.7. The van der Waals surface area contributed by atoms with Crippen molar-refractivity contribution in [2.24, 2.45) is 0 Å². The van der Waals surface area contributed by atoms with Crippen LogP contribution in [-0.4, -0.2) is 18.5 Å². The number of rotatable bonds is 4. The zero-order valence-corrected chi connectivity index (χ0v) is 14.8. The first-order valence-electron chi connectivity index (χ1n) is 6.35. The van der Waals surface area contributed by atoms with E-state index in [1.54, 1.807) is 6.07 Å². The number of hydrogen-bond acceptors (Lipinski definition) is 3. The van der Waals surface area contributed by atoms with E-state index in [0.717, 1.165) is 6.07 Å². The highest BCUT2D eigenvalue weighted by molar-refractivity contribution is 9.10. The van der Waals surface area contributed by atoms with Crippen LogP contribution in [0.5, 0.6) is 0 Å². The molecule has 0 saturated heterocycles. The largest absolute Gasteiger partial charge is 0.452 e. The average Bonchev–Trinajstić information content (AvgIpc) is 2.48. The molecule has 0 spiro atoms. The molecule has 0 bridgehead atoms. The highest BCUT2D eigenvalue weighted by Crippen LogP contribution is 2.27. The van der Waals surface area contributed by atoms with Crippen LogP contribution >= 0.6 is 39.1 Å². The molecule has 0 aliphatic rings. The molecule has 0 aromatic heterocycles. The summed E-state index contributed by atoms with van der Waals surface area (Å²) in [5.74, 6) is -3.51. The highest BCUT2D eigenvalue weighted by atomic mass is 79.9. The van der Waals surface area contributed by atoms with Gasteiger partial charge in [-0.15, -0.1) is 0 Å². The molecular formula is C15H8BrCl2F2NO3. The lowest BCUT2D eigenvalue weighted by atomic mass is 10.2. The molecule has 0 atom stereocenters. The van der Waals surface area contributed by atoms with Crippen LogP contribution in [0.25, 0.3) is 0 Å². The fourth-order valence-electron chi connectivity index (χ4n) is 1.73. The number of anilines is 1. The predicted octanol–water partition coefficient (Wildman–Crippen LogP) is 4.83. The van der Waals surface area contributed by atoms with Crippen LogP contribution in [0.3, 0.4) is 0 Å². The Morgan fingerprint density at radius 3 is 2.38 bits per heavy atom. The van der Waals surface area contributed by atoms with E-state index in [1.165, 1.54) is 12.1 Å². The van der Waals surface area contributed by atoms with Crippen LogP contribution in [0.2, 0.25) is 10.0 Å². The molecule has 0 unspecified atom stereocenters. The van der Waals surface area contributed by atoms with Crippen molar-refractivity contribution >= 4 is 56.7 Å². The van der Waals surface area contributed by atoms with Crippen LogP contribution in [0, 0.1) is 11.6 Å². The molecule has 4 nitrogen and oxygen atoms in total. The second-order valence-corrected chi connectivity index (χ2v) is 6.13. The van der Waals surface area contributed by atoms with Crippen molar-refractivity contribution in [2.75, 3.05) is 11.9 Å². The number of carbonyl (C=O) groups is 2. The zero-order valence-electron chi connectivity index (χ0n) is 11.7. The molecule has 2 aromatic rings. The summed E-state index contributed by atoms with van der Waals surface area (Å²) in [6.07, 6.45) is 0. The van der Waals surface area contributed by atoms with Gasteiger partial charge in [0, 0.05) is 10.5 Å². The summed E-state index contributed by atoms with van der Waals surface area (Å²) < 4.78 is 31.4. The molecule has 0 fully saturated rings. The minimum absolute atomic E-state index is 0.00817. The third-order valence-electron chi connectivity index (χ3n) is 2.77. The van der Waals surface area contributed by atoms with Crippen LogP contribution in [0.1, 0.15) is 10.4 Å². The zero-order chi connectivity index (χ0) is 17.9.